The van der Waals surface area contributed by atoms with E-state index in [1.807, 2.05) is 54.6 Å². The highest BCUT2D eigenvalue weighted by Gasteiger charge is 2.32. The maximum absolute atomic E-state index is 9.39. The van der Waals surface area contributed by atoms with Gasteiger partial charge in [0.25, 0.3) is 0 Å². The van der Waals surface area contributed by atoms with Crippen molar-refractivity contribution in [1.29, 1.82) is 0 Å². The molecular weight excluding hydrogens is 679 g/mol. The predicted molar refractivity (Wildman–Crippen MR) is 235 cm³/mol. The molecule has 0 fully saturated rings. The van der Waals surface area contributed by atoms with Crippen LogP contribution in [-0.4, -0.2) is 15.0 Å². The van der Waals surface area contributed by atoms with E-state index in [1.165, 1.54) is 22.3 Å². The second-order valence-corrected chi connectivity index (χ2v) is 15.2. The Morgan fingerprint density at radius 3 is 1.12 bits per heavy atom. The summed E-state index contributed by atoms with van der Waals surface area (Å²) in [4.78, 5) is 14.6. The molecule has 3 heterocycles. The topological polar surface area (TPSA) is 38.7 Å². The highest BCUT2D eigenvalue weighted by Crippen LogP contribution is 2.39. The van der Waals surface area contributed by atoms with E-state index in [2.05, 4.69) is 131 Å². The molecule has 0 aliphatic carbocycles. The van der Waals surface area contributed by atoms with Crippen LogP contribution in [0.5, 0.6) is 0 Å². The molecule has 0 radical (unpaired) electrons. The van der Waals surface area contributed by atoms with Crippen molar-refractivity contribution in [2.24, 2.45) is 0 Å². The molecule has 0 unspecified atom stereocenters. The van der Waals surface area contributed by atoms with Crippen LogP contribution < -0.4 is 0 Å². The number of pyridine rings is 3. The summed E-state index contributed by atoms with van der Waals surface area (Å²) in [5.41, 5.74) is 12.3. The molecule has 0 bridgehead atoms. The van der Waals surface area contributed by atoms with E-state index in [4.69, 9.17) is 15.0 Å². The van der Waals surface area contributed by atoms with Gasteiger partial charge in [-0.1, -0.05) is 155 Å². The van der Waals surface area contributed by atoms with Crippen molar-refractivity contribution in [3.63, 3.8) is 0 Å². The zero-order chi connectivity index (χ0) is 40.6. The van der Waals surface area contributed by atoms with Gasteiger partial charge >= 0.3 is 0 Å². The molecule has 0 spiro atoms. The second-order valence-electron chi connectivity index (χ2n) is 15.2. The van der Waals surface area contributed by atoms with Gasteiger partial charge in [0.05, 0.1) is 17.1 Å². The Hall–Kier alpha value is -5.67. The summed E-state index contributed by atoms with van der Waals surface area (Å²) >= 11 is 0. The van der Waals surface area contributed by atoms with Crippen molar-refractivity contribution >= 4 is 0 Å². The first-order valence-corrected chi connectivity index (χ1v) is 20.4. The van der Waals surface area contributed by atoms with Gasteiger partial charge in [-0.15, -0.1) is 0 Å². The molecule has 0 aliphatic rings. The SMILES string of the molecule is [2H]C([2H])(Cc1cc(CC(CC)(CC)c2ccc(-c3ccccc3)nc2)cc(CC(CC)(CC)c2ccc(-c3ccccc3)nc2)c1)c1ccc(-c2ccccc2)nc1. The van der Waals surface area contributed by atoms with Crippen LogP contribution in [0.1, 0.15) is 89.5 Å². The molecule has 3 aromatic heterocycles. The number of aryl methyl sites for hydroxylation is 2. The largest absolute Gasteiger partial charge is 0.256 e. The van der Waals surface area contributed by atoms with Gasteiger partial charge in [-0.3, -0.25) is 15.0 Å². The van der Waals surface area contributed by atoms with Gasteiger partial charge in [0, 0.05) is 48.9 Å². The van der Waals surface area contributed by atoms with Crippen LogP contribution in [0.2, 0.25) is 0 Å². The van der Waals surface area contributed by atoms with E-state index in [0.29, 0.717) is 5.56 Å². The fourth-order valence-electron chi connectivity index (χ4n) is 8.40. The van der Waals surface area contributed by atoms with Crippen LogP contribution in [0.3, 0.4) is 0 Å². The van der Waals surface area contributed by atoms with Crippen molar-refractivity contribution in [2.75, 3.05) is 0 Å². The van der Waals surface area contributed by atoms with Crippen LogP contribution in [0, 0.1) is 0 Å². The first kappa shape index (κ1) is 36.0. The minimum Gasteiger partial charge on any atom is -0.256 e. The van der Waals surface area contributed by atoms with Crippen LogP contribution in [0.15, 0.2) is 164 Å². The molecule has 0 amide bonds. The third-order valence-corrected chi connectivity index (χ3v) is 12.1. The number of nitrogens with zero attached hydrogens (tertiary/aromatic N) is 3. The Kier molecular flexibility index (Phi) is 11.5. The maximum Gasteiger partial charge on any atom is 0.0702 e. The molecule has 0 atom stereocenters. The molecular formula is C53H55N3. The summed E-state index contributed by atoms with van der Waals surface area (Å²) in [6.45, 7) is 9.15. The zero-order valence-corrected chi connectivity index (χ0v) is 33.4. The molecule has 0 aliphatic heterocycles. The normalized spacial score (nSPS) is 12.6. The summed E-state index contributed by atoms with van der Waals surface area (Å²) in [6.07, 6.45) is 10.0. The smallest absolute Gasteiger partial charge is 0.0702 e. The minimum atomic E-state index is -1.62. The first-order valence-electron chi connectivity index (χ1n) is 21.4. The first-order chi connectivity index (χ1) is 28.2. The molecule has 3 nitrogen and oxygen atoms in total. The van der Waals surface area contributed by atoms with Gasteiger partial charge in [-0.05, 0) is 103 Å². The van der Waals surface area contributed by atoms with Gasteiger partial charge in [0.2, 0.25) is 0 Å². The number of aromatic nitrogens is 3. The van der Waals surface area contributed by atoms with E-state index >= 15 is 0 Å². The predicted octanol–water partition coefficient (Wildman–Crippen LogP) is 13.3. The van der Waals surface area contributed by atoms with Crippen LogP contribution in [-0.2, 0) is 36.5 Å². The van der Waals surface area contributed by atoms with E-state index in [9.17, 15) is 2.74 Å². The van der Waals surface area contributed by atoms with Gasteiger partial charge in [-0.25, -0.2) is 0 Å². The lowest BCUT2D eigenvalue weighted by atomic mass is 9.70. The molecule has 0 N–H and O–H groups in total. The van der Waals surface area contributed by atoms with Gasteiger partial charge in [-0.2, -0.15) is 0 Å². The van der Waals surface area contributed by atoms with Crippen molar-refractivity contribution in [3.05, 3.63) is 198 Å². The highest BCUT2D eigenvalue weighted by molar-refractivity contribution is 5.60. The monoisotopic (exact) mass is 735 g/mol. The van der Waals surface area contributed by atoms with Crippen LogP contribution >= 0.6 is 0 Å². The van der Waals surface area contributed by atoms with Crippen molar-refractivity contribution in [2.45, 2.75) is 89.8 Å². The fraction of sp³-hybridized carbons (Fsp3) is 0.264. The van der Waals surface area contributed by atoms with Crippen molar-refractivity contribution < 1.29 is 2.74 Å². The van der Waals surface area contributed by atoms with Crippen molar-refractivity contribution in [3.8, 4) is 33.8 Å². The third-order valence-electron chi connectivity index (χ3n) is 12.1. The Morgan fingerprint density at radius 2 is 0.786 bits per heavy atom. The molecule has 7 rings (SSSR count). The molecule has 0 saturated heterocycles. The third kappa shape index (κ3) is 8.74. The van der Waals surface area contributed by atoms with Gasteiger partial charge in [0.1, 0.15) is 0 Å². The van der Waals surface area contributed by atoms with Crippen LogP contribution in [0.25, 0.3) is 33.8 Å². The van der Waals surface area contributed by atoms with Gasteiger partial charge in [0.15, 0.2) is 0 Å². The van der Waals surface area contributed by atoms with E-state index in [-0.39, 0.29) is 17.3 Å². The second kappa shape index (κ2) is 17.9. The molecule has 4 aromatic carbocycles. The number of benzene rings is 4. The zero-order valence-electron chi connectivity index (χ0n) is 35.4. The molecule has 0 saturated carbocycles. The Morgan fingerprint density at radius 1 is 0.411 bits per heavy atom. The summed E-state index contributed by atoms with van der Waals surface area (Å²) < 4.78 is 18.8. The average Bonchev–Trinajstić information content (AvgIpc) is 3.28. The summed E-state index contributed by atoms with van der Waals surface area (Å²) in [5, 5.41) is 0. The standard InChI is InChI=1S/C53H55N3/c1-5-52(6-2,47-27-30-50(55-38-47)45-20-14-10-15-21-45)35-42-32-41(25-24-40-26-29-49(54-37-40)44-18-12-9-13-19-44)33-43(34-42)36-53(7-3,8-4)48-28-31-51(56-39-48)46-22-16-11-17-23-46/h9-23,26-34,37-39H,5-8,24-25,35-36H2,1-4H3/i24D2. The van der Waals surface area contributed by atoms with E-state index in [1.54, 1.807) is 6.20 Å². The van der Waals surface area contributed by atoms with E-state index < -0.39 is 6.37 Å². The Bertz CT molecular complexity index is 2230. The summed E-state index contributed by atoms with van der Waals surface area (Å²) in [6, 6.07) is 50.4. The molecule has 282 valence electrons. The van der Waals surface area contributed by atoms with E-state index in [0.717, 1.165) is 77.9 Å². The fourth-order valence-corrected chi connectivity index (χ4v) is 8.40. The van der Waals surface area contributed by atoms with Crippen LogP contribution in [0.4, 0.5) is 0 Å². The molecule has 56 heavy (non-hydrogen) atoms. The number of hydrogen-bond acceptors (Lipinski definition) is 3. The molecule has 7 aromatic rings. The lowest BCUT2D eigenvalue weighted by Crippen LogP contribution is -2.29. The lowest BCUT2D eigenvalue weighted by molar-refractivity contribution is 0.386. The molecule has 3 heteroatoms. The number of rotatable bonds is 16. The maximum atomic E-state index is 9.39. The quantitative estimate of drug-likeness (QED) is 0.0992. The summed E-state index contributed by atoms with van der Waals surface area (Å²) in [7, 11) is 0. The van der Waals surface area contributed by atoms with Crippen molar-refractivity contribution in [1.82, 2.24) is 15.0 Å². The minimum absolute atomic E-state index is 0.127. The summed E-state index contributed by atoms with van der Waals surface area (Å²) in [5.74, 6) is 0. The number of hydrogen-bond donors (Lipinski definition) is 0. The Balaban J connectivity index is 1.24. The Labute approximate surface area is 337 Å². The average molecular weight is 736 g/mol. The van der Waals surface area contributed by atoms with Gasteiger partial charge < -0.3 is 0 Å². The lowest BCUT2D eigenvalue weighted by Gasteiger charge is -2.34. The highest BCUT2D eigenvalue weighted by atomic mass is 14.7.